The third-order valence-corrected chi connectivity index (χ3v) is 3.86. The monoisotopic (exact) mass is 267 g/mol. The SMILES string of the molecule is Cc1cccc(N2CCC(=O)CC2)c1Br. The lowest BCUT2D eigenvalue weighted by Crippen LogP contribution is -2.33. The van der Waals surface area contributed by atoms with Gasteiger partial charge in [-0.15, -0.1) is 0 Å². The van der Waals surface area contributed by atoms with Gasteiger partial charge in [-0.2, -0.15) is 0 Å². The van der Waals surface area contributed by atoms with Crippen LogP contribution in [-0.4, -0.2) is 18.9 Å². The molecule has 80 valence electrons. The van der Waals surface area contributed by atoms with E-state index in [-0.39, 0.29) is 0 Å². The van der Waals surface area contributed by atoms with Crippen LogP contribution < -0.4 is 4.90 Å². The van der Waals surface area contributed by atoms with Gasteiger partial charge in [0.1, 0.15) is 5.78 Å². The Morgan fingerprint density at radius 3 is 2.60 bits per heavy atom. The van der Waals surface area contributed by atoms with E-state index in [2.05, 4.69) is 46.0 Å². The normalized spacial score (nSPS) is 16.9. The molecular formula is C12H14BrNO. The molecule has 0 spiro atoms. The molecule has 15 heavy (non-hydrogen) atoms. The zero-order chi connectivity index (χ0) is 10.8. The molecule has 1 saturated heterocycles. The number of carbonyl (C=O) groups excluding carboxylic acids is 1. The first kappa shape index (κ1) is 10.7. The maximum absolute atomic E-state index is 11.2. The Kier molecular flexibility index (Phi) is 3.10. The molecular weight excluding hydrogens is 254 g/mol. The molecule has 1 fully saturated rings. The van der Waals surface area contributed by atoms with E-state index >= 15 is 0 Å². The van der Waals surface area contributed by atoms with Crippen LogP contribution >= 0.6 is 15.9 Å². The van der Waals surface area contributed by atoms with Crippen molar-refractivity contribution in [1.29, 1.82) is 0 Å². The van der Waals surface area contributed by atoms with Crippen LogP contribution in [0.1, 0.15) is 18.4 Å². The predicted octanol–water partition coefficient (Wildman–Crippen LogP) is 2.93. The van der Waals surface area contributed by atoms with Crippen molar-refractivity contribution in [3.05, 3.63) is 28.2 Å². The quantitative estimate of drug-likeness (QED) is 0.780. The molecule has 2 nitrogen and oxygen atoms in total. The smallest absolute Gasteiger partial charge is 0.136 e. The fourth-order valence-corrected chi connectivity index (χ4v) is 2.39. The van der Waals surface area contributed by atoms with Crippen molar-refractivity contribution in [3.8, 4) is 0 Å². The van der Waals surface area contributed by atoms with Gasteiger partial charge in [0.25, 0.3) is 0 Å². The number of benzene rings is 1. The Hall–Kier alpha value is -0.830. The minimum Gasteiger partial charge on any atom is -0.370 e. The van der Waals surface area contributed by atoms with E-state index in [9.17, 15) is 4.79 Å². The minimum atomic E-state index is 0.384. The summed E-state index contributed by atoms with van der Waals surface area (Å²) in [6, 6.07) is 6.25. The topological polar surface area (TPSA) is 20.3 Å². The predicted molar refractivity (Wildman–Crippen MR) is 65.3 cm³/mol. The van der Waals surface area contributed by atoms with Crippen LogP contribution in [0.3, 0.4) is 0 Å². The number of halogens is 1. The van der Waals surface area contributed by atoms with Gasteiger partial charge in [0.15, 0.2) is 0 Å². The number of piperidine rings is 1. The molecule has 1 heterocycles. The summed E-state index contributed by atoms with van der Waals surface area (Å²) in [7, 11) is 0. The summed E-state index contributed by atoms with van der Waals surface area (Å²) < 4.78 is 1.15. The highest BCUT2D eigenvalue weighted by molar-refractivity contribution is 9.10. The van der Waals surface area contributed by atoms with Crippen molar-refractivity contribution in [2.24, 2.45) is 0 Å². The molecule has 3 heteroatoms. The maximum Gasteiger partial charge on any atom is 0.136 e. The summed E-state index contributed by atoms with van der Waals surface area (Å²) in [6.45, 7) is 3.78. The highest BCUT2D eigenvalue weighted by atomic mass is 79.9. The second-order valence-corrected chi connectivity index (χ2v) is 4.73. The molecule has 0 radical (unpaired) electrons. The highest BCUT2D eigenvalue weighted by Gasteiger charge is 2.18. The van der Waals surface area contributed by atoms with E-state index in [4.69, 9.17) is 0 Å². The van der Waals surface area contributed by atoms with Gasteiger partial charge in [0.2, 0.25) is 0 Å². The summed E-state index contributed by atoms with van der Waals surface area (Å²) in [6.07, 6.45) is 1.36. The largest absolute Gasteiger partial charge is 0.370 e. The van der Waals surface area contributed by atoms with Gasteiger partial charge in [-0.1, -0.05) is 12.1 Å². The summed E-state index contributed by atoms with van der Waals surface area (Å²) in [5, 5.41) is 0. The Labute approximate surface area is 98.4 Å². The van der Waals surface area contributed by atoms with Crippen LogP contribution in [0.25, 0.3) is 0 Å². The third-order valence-electron chi connectivity index (χ3n) is 2.83. The molecule has 1 aliphatic heterocycles. The van der Waals surface area contributed by atoms with E-state index in [1.165, 1.54) is 11.3 Å². The summed E-state index contributed by atoms with van der Waals surface area (Å²) in [5.74, 6) is 0.384. The maximum atomic E-state index is 11.2. The molecule has 0 aliphatic carbocycles. The molecule has 0 bridgehead atoms. The van der Waals surface area contributed by atoms with E-state index in [1.54, 1.807) is 0 Å². The third kappa shape index (κ3) is 2.23. The van der Waals surface area contributed by atoms with Gasteiger partial charge < -0.3 is 4.90 Å². The first-order valence-corrected chi connectivity index (χ1v) is 5.99. The lowest BCUT2D eigenvalue weighted by atomic mass is 10.1. The number of hydrogen-bond donors (Lipinski definition) is 0. The van der Waals surface area contributed by atoms with Crippen molar-refractivity contribution in [1.82, 2.24) is 0 Å². The van der Waals surface area contributed by atoms with Crippen molar-refractivity contribution < 1.29 is 4.79 Å². The van der Waals surface area contributed by atoms with E-state index in [1.807, 2.05) is 0 Å². The van der Waals surface area contributed by atoms with Gasteiger partial charge in [0.05, 0.1) is 5.69 Å². The zero-order valence-corrected chi connectivity index (χ0v) is 10.4. The number of anilines is 1. The van der Waals surface area contributed by atoms with Crippen LogP contribution in [0.2, 0.25) is 0 Å². The molecule has 0 N–H and O–H groups in total. The number of carbonyl (C=O) groups is 1. The molecule has 0 saturated carbocycles. The molecule has 0 amide bonds. The summed E-state index contributed by atoms with van der Waals surface area (Å²) >= 11 is 3.60. The van der Waals surface area contributed by atoms with Gasteiger partial charge >= 0.3 is 0 Å². The van der Waals surface area contributed by atoms with Crippen LogP contribution in [0.4, 0.5) is 5.69 Å². The summed E-state index contributed by atoms with van der Waals surface area (Å²) in [5.41, 5.74) is 2.45. The molecule has 1 aromatic rings. The number of aryl methyl sites for hydroxylation is 1. The number of ketones is 1. The Morgan fingerprint density at radius 1 is 1.27 bits per heavy atom. The second kappa shape index (κ2) is 4.35. The molecule has 2 rings (SSSR count). The van der Waals surface area contributed by atoms with Gasteiger partial charge in [0, 0.05) is 30.4 Å². The van der Waals surface area contributed by atoms with Crippen molar-refractivity contribution in [2.45, 2.75) is 19.8 Å². The fourth-order valence-electron chi connectivity index (χ4n) is 1.87. The average Bonchev–Trinajstić information content (AvgIpc) is 2.24. The molecule has 1 aliphatic rings. The Bertz CT molecular complexity index is 379. The second-order valence-electron chi connectivity index (χ2n) is 3.93. The van der Waals surface area contributed by atoms with Crippen LogP contribution in [0.5, 0.6) is 0 Å². The van der Waals surface area contributed by atoms with Gasteiger partial charge in [-0.25, -0.2) is 0 Å². The first-order valence-electron chi connectivity index (χ1n) is 5.20. The van der Waals surface area contributed by atoms with Crippen molar-refractivity contribution in [2.75, 3.05) is 18.0 Å². The van der Waals surface area contributed by atoms with E-state index in [0.717, 1.165) is 17.6 Å². The first-order chi connectivity index (χ1) is 7.18. The molecule has 0 aromatic heterocycles. The van der Waals surface area contributed by atoms with Crippen LogP contribution in [0, 0.1) is 6.92 Å². The number of hydrogen-bond acceptors (Lipinski definition) is 2. The number of rotatable bonds is 1. The minimum absolute atomic E-state index is 0.384. The molecule has 0 unspecified atom stereocenters. The Morgan fingerprint density at radius 2 is 1.93 bits per heavy atom. The lowest BCUT2D eigenvalue weighted by molar-refractivity contribution is -0.119. The van der Waals surface area contributed by atoms with Gasteiger partial charge in [-0.05, 0) is 34.5 Å². The van der Waals surface area contributed by atoms with Crippen molar-refractivity contribution in [3.63, 3.8) is 0 Å². The van der Waals surface area contributed by atoms with Gasteiger partial charge in [-0.3, -0.25) is 4.79 Å². The molecule has 1 aromatic carbocycles. The number of nitrogens with zero attached hydrogens (tertiary/aromatic N) is 1. The summed E-state index contributed by atoms with van der Waals surface area (Å²) in [4.78, 5) is 13.4. The van der Waals surface area contributed by atoms with Crippen molar-refractivity contribution >= 4 is 27.4 Å². The van der Waals surface area contributed by atoms with Crippen LogP contribution in [0.15, 0.2) is 22.7 Å². The number of Topliss-reactive ketones (excluding diaryl/α,β-unsaturated/α-hetero) is 1. The standard InChI is InChI=1S/C12H14BrNO/c1-9-3-2-4-11(12(9)13)14-7-5-10(15)6-8-14/h2-4H,5-8H2,1H3. The van der Waals surface area contributed by atoms with E-state index < -0.39 is 0 Å². The highest BCUT2D eigenvalue weighted by Crippen LogP contribution is 2.30. The van der Waals surface area contributed by atoms with Crippen LogP contribution in [-0.2, 0) is 4.79 Å². The zero-order valence-electron chi connectivity index (χ0n) is 8.79. The Balaban J connectivity index is 2.22. The lowest BCUT2D eigenvalue weighted by Gasteiger charge is -2.29. The fraction of sp³-hybridized carbons (Fsp3) is 0.417. The van der Waals surface area contributed by atoms with E-state index in [0.29, 0.717) is 18.6 Å². The molecule has 0 atom stereocenters. The average molecular weight is 268 g/mol.